The highest BCUT2D eigenvalue weighted by atomic mass is 14.7. The van der Waals surface area contributed by atoms with Crippen molar-refractivity contribution in [1.82, 2.24) is 0 Å². The van der Waals surface area contributed by atoms with Crippen LogP contribution < -0.4 is 0 Å². The van der Waals surface area contributed by atoms with E-state index >= 15 is 0 Å². The van der Waals surface area contributed by atoms with Crippen molar-refractivity contribution in [2.75, 3.05) is 0 Å². The lowest BCUT2D eigenvalue weighted by atomic mass is 10.1. The molecule has 0 unspecified atom stereocenters. The van der Waals surface area contributed by atoms with Crippen LogP contribution in [0, 0.1) is 23.7 Å². The Labute approximate surface area is 38.6 Å². The Morgan fingerprint density at radius 2 is 1.17 bits per heavy atom. The zero-order valence-electron chi connectivity index (χ0n) is 4.31. The molecule has 0 spiro atoms. The predicted molar refractivity (Wildman–Crippen MR) is 25.3 cm³/mol. The first kappa shape index (κ1) is 3.06. The summed E-state index contributed by atoms with van der Waals surface area (Å²) < 4.78 is 0. The topological polar surface area (TPSA) is 0 Å². The minimum absolute atomic E-state index is 1.12. The van der Waals surface area contributed by atoms with Crippen LogP contribution in [0.5, 0.6) is 0 Å². The highest BCUT2D eigenvalue weighted by Crippen LogP contribution is 2.72. The molecule has 0 aromatic heterocycles. The minimum atomic E-state index is 1.12. The van der Waals surface area contributed by atoms with Gasteiger partial charge < -0.3 is 0 Å². The van der Waals surface area contributed by atoms with Crippen molar-refractivity contribution >= 4 is 0 Å². The quantitative estimate of drug-likeness (QED) is 0.415. The van der Waals surface area contributed by atoms with Gasteiger partial charge in [-0.2, -0.15) is 0 Å². The molecule has 2 aliphatic rings. The Kier molecular flexibility index (Phi) is 0.283. The summed E-state index contributed by atoms with van der Waals surface area (Å²) in [5, 5.41) is 0. The van der Waals surface area contributed by atoms with Crippen LogP contribution >= 0.6 is 0 Å². The van der Waals surface area contributed by atoms with Gasteiger partial charge in [0.1, 0.15) is 0 Å². The zero-order valence-corrected chi connectivity index (χ0v) is 4.31. The fourth-order valence-corrected chi connectivity index (χ4v) is 1.86. The molecule has 2 rings (SSSR count). The van der Waals surface area contributed by atoms with Gasteiger partial charge in [-0.05, 0) is 23.7 Å². The van der Waals surface area contributed by atoms with Gasteiger partial charge in [-0.15, -0.1) is 0 Å². The zero-order chi connectivity index (χ0) is 4.31. The summed E-state index contributed by atoms with van der Waals surface area (Å²) in [5.41, 5.74) is 0. The molecule has 0 nitrogen and oxygen atoms in total. The monoisotopic (exact) mass is 82.1 g/mol. The lowest BCUT2D eigenvalue weighted by Crippen LogP contribution is -1.88. The second kappa shape index (κ2) is 0.556. The lowest BCUT2D eigenvalue weighted by molar-refractivity contribution is 0.541. The van der Waals surface area contributed by atoms with Gasteiger partial charge in [0, 0.05) is 0 Å². The maximum absolute atomic E-state index is 2.36. The summed E-state index contributed by atoms with van der Waals surface area (Å²) in [4.78, 5) is 0. The van der Waals surface area contributed by atoms with Crippen molar-refractivity contribution in [2.45, 2.75) is 13.8 Å². The molecule has 2 aliphatic carbocycles. The molecule has 34 valence electrons. The molecule has 0 heteroatoms. The third kappa shape index (κ3) is 0.141. The van der Waals surface area contributed by atoms with Crippen LogP contribution in [-0.2, 0) is 0 Å². The summed E-state index contributed by atoms with van der Waals surface area (Å²) in [5.74, 6) is 4.62. The van der Waals surface area contributed by atoms with Crippen LogP contribution in [0.2, 0.25) is 0 Å². The molecule has 2 fully saturated rings. The van der Waals surface area contributed by atoms with Gasteiger partial charge in [0.2, 0.25) is 0 Å². The summed E-state index contributed by atoms with van der Waals surface area (Å²) >= 11 is 0. The van der Waals surface area contributed by atoms with Crippen molar-refractivity contribution in [3.05, 3.63) is 0 Å². The second-order valence-corrected chi connectivity index (χ2v) is 2.87. The van der Waals surface area contributed by atoms with Crippen LogP contribution in [0.1, 0.15) is 13.8 Å². The van der Waals surface area contributed by atoms with Crippen LogP contribution in [-0.4, -0.2) is 0 Å². The molecule has 0 aromatic carbocycles. The van der Waals surface area contributed by atoms with Gasteiger partial charge in [0.25, 0.3) is 0 Å². The largest absolute Gasteiger partial charge is 0.0619 e. The summed E-state index contributed by atoms with van der Waals surface area (Å²) in [6.07, 6.45) is 0. The molecule has 2 saturated carbocycles. The van der Waals surface area contributed by atoms with E-state index in [1.807, 2.05) is 0 Å². The van der Waals surface area contributed by atoms with E-state index in [2.05, 4.69) is 13.8 Å². The standard InChI is InChI=1S/C6H10/c1-3-5-4(2)6(3)5/h3-6H,1-2H3. The van der Waals surface area contributed by atoms with Crippen molar-refractivity contribution in [3.8, 4) is 0 Å². The van der Waals surface area contributed by atoms with Crippen molar-refractivity contribution in [3.63, 3.8) is 0 Å². The number of hydrogen-bond acceptors (Lipinski definition) is 0. The van der Waals surface area contributed by atoms with E-state index in [-0.39, 0.29) is 0 Å². The maximum Gasteiger partial charge on any atom is -0.0323 e. The van der Waals surface area contributed by atoms with Gasteiger partial charge in [0.05, 0.1) is 0 Å². The van der Waals surface area contributed by atoms with Gasteiger partial charge >= 0.3 is 0 Å². The summed E-state index contributed by atoms with van der Waals surface area (Å²) in [6, 6.07) is 0. The predicted octanol–water partition coefficient (Wildman–Crippen LogP) is 1.52. The molecular formula is C6H10. The summed E-state index contributed by atoms with van der Waals surface area (Å²) in [6.45, 7) is 4.71. The Bertz CT molecular complexity index is 66.0. The van der Waals surface area contributed by atoms with Gasteiger partial charge in [-0.1, -0.05) is 13.8 Å². The van der Waals surface area contributed by atoms with E-state index in [0.29, 0.717) is 0 Å². The third-order valence-corrected chi connectivity index (χ3v) is 2.59. The van der Waals surface area contributed by atoms with Crippen LogP contribution in [0.4, 0.5) is 0 Å². The average Bonchev–Trinajstić information content (AvgIpc) is 2.28. The van der Waals surface area contributed by atoms with E-state index < -0.39 is 0 Å². The average molecular weight is 82.1 g/mol. The van der Waals surface area contributed by atoms with Gasteiger partial charge in [0.15, 0.2) is 0 Å². The Hall–Kier alpha value is 0. The number of fused-ring (bicyclic) bond motifs is 1. The number of rotatable bonds is 0. The van der Waals surface area contributed by atoms with E-state index in [0.717, 1.165) is 11.8 Å². The highest BCUT2D eigenvalue weighted by Gasteiger charge is 2.67. The van der Waals surface area contributed by atoms with E-state index in [4.69, 9.17) is 0 Å². The van der Waals surface area contributed by atoms with Crippen molar-refractivity contribution < 1.29 is 0 Å². The first-order valence-corrected chi connectivity index (χ1v) is 2.82. The van der Waals surface area contributed by atoms with Crippen LogP contribution in [0.25, 0.3) is 0 Å². The molecule has 0 atom stereocenters. The summed E-state index contributed by atoms with van der Waals surface area (Å²) in [7, 11) is 0. The third-order valence-electron chi connectivity index (χ3n) is 2.59. The van der Waals surface area contributed by atoms with E-state index in [9.17, 15) is 0 Å². The SMILES string of the molecule is CC1C2C(C)C12. The first-order chi connectivity index (χ1) is 2.82. The smallest absolute Gasteiger partial charge is 0.0323 e. The molecule has 6 heavy (non-hydrogen) atoms. The Morgan fingerprint density at radius 1 is 0.833 bits per heavy atom. The maximum atomic E-state index is 2.36. The first-order valence-electron chi connectivity index (χ1n) is 2.82. The van der Waals surface area contributed by atoms with Crippen LogP contribution in [0.3, 0.4) is 0 Å². The molecule has 0 heterocycles. The van der Waals surface area contributed by atoms with Gasteiger partial charge in [-0.25, -0.2) is 0 Å². The second-order valence-electron chi connectivity index (χ2n) is 2.87. The lowest BCUT2D eigenvalue weighted by Gasteiger charge is -1.94. The molecular weight excluding hydrogens is 72.1 g/mol. The van der Waals surface area contributed by atoms with Crippen molar-refractivity contribution in [2.24, 2.45) is 23.7 Å². The fraction of sp³-hybridized carbons (Fsp3) is 1.00. The molecule has 0 amide bonds. The molecule has 0 bridgehead atoms. The molecule has 0 aromatic rings. The molecule has 0 aliphatic heterocycles. The number of hydrogen-bond donors (Lipinski definition) is 0. The Morgan fingerprint density at radius 3 is 1.17 bits per heavy atom. The molecule has 0 N–H and O–H groups in total. The normalized spacial score (nSPS) is 73.0. The molecule has 0 radical (unpaired) electrons. The van der Waals surface area contributed by atoms with Gasteiger partial charge in [-0.3, -0.25) is 0 Å². The Balaban J connectivity index is 2.06. The van der Waals surface area contributed by atoms with E-state index in [1.54, 1.807) is 0 Å². The van der Waals surface area contributed by atoms with E-state index in [1.165, 1.54) is 11.8 Å². The fourth-order valence-electron chi connectivity index (χ4n) is 1.86. The highest BCUT2D eigenvalue weighted by molar-refractivity contribution is 5.15. The minimum Gasteiger partial charge on any atom is -0.0619 e. The van der Waals surface area contributed by atoms with Crippen LogP contribution in [0.15, 0.2) is 0 Å². The molecule has 0 saturated heterocycles. The van der Waals surface area contributed by atoms with Crippen molar-refractivity contribution in [1.29, 1.82) is 0 Å².